The maximum absolute atomic E-state index is 11.9. The average Bonchev–Trinajstić information content (AvgIpc) is 3.03. The fourth-order valence-corrected chi connectivity index (χ4v) is 2.73. The predicted molar refractivity (Wildman–Crippen MR) is 89.2 cm³/mol. The Labute approximate surface area is 141 Å². The van der Waals surface area contributed by atoms with E-state index in [0.29, 0.717) is 32.0 Å². The molecule has 2 aliphatic rings. The van der Waals surface area contributed by atoms with E-state index in [9.17, 15) is 4.79 Å². The van der Waals surface area contributed by atoms with Crippen molar-refractivity contribution in [1.82, 2.24) is 10.3 Å². The summed E-state index contributed by atoms with van der Waals surface area (Å²) in [5.74, 6) is -0.0743. The highest BCUT2D eigenvalue weighted by molar-refractivity contribution is 5.88. The lowest BCUT2D eigenvalue weighted by molar-refractivity contribution is -0.145. The molecule has 0 radical (unpaired) electrons. The maximum Gasteiger partial charge on any atom is 0.320 e. The largest absolute Gasteiger partial charge is 0.378 e. The monoisotopic (exact) mass is 336 g/mol. The number of ether oxygens (including phenoxy) is 3. The zero-order valence-corrected chi connectivity index (χ0v) is 13.9. The lowest BCUT2D eigenvalue weighted by Crippen LogP contribution is -2.36. The molecule has 2 aliphatic heterocycles. The number of aromatic nitrogens is 1. The van der Waals surface area contributed by atoms with Gasteiger partial charge in [-0.2, -0.15) is 0 Å². The second-order valence-electron chi connectivity index (χ2n) is 5.96. The summed E-state index contributed by atoms with van der Waals surface area (Å²) in [5.41, 5.74) is 1.03. The van der Waals surface area contributed by atoms with Crippen LogP contribution in [0, 0.1) is 0 Å². The van der Waals surface area contributed by atoms with Crippen molar-refractivity contribution in [3.05, 3.63) is 18.3 Å². The molecule has 0 aromatic carbocycles. The first-order chi connectivity index (χ1) is 11.6. The van der Waals surface area contributed by atoms with E-state index in [2.05, 4.69) is 20.5 Å². The topological polar surface area (TPSA) is 85.0 Å². The van der Waals surface area contributed by atoms with Crippen LogP contribution >= 0.6 is 0 Å². The summed E-state index contributed by atoms with van der Waals surface area (Å²) < 4.78 is 16.3. The van der Waals surface area contributed by atoms with Crippen LogP contribution in [-0.4, -0.2) is 62.9 Å². The van der Waals surface area contributed by atoms with Gasteiger partial charge in [-0.25, -0.2) is 9.78 Å². The summed E-state index contributed by atoms with van der Waals surface area (Å²) in [4.78, 5) is 18.4. The molecule has 8 nitrogen and oxygen atoms in total. The summed E-state index contributed by atoms with van der Waals surface area (Å²) in [6, 6.07) is 3.47. The van der Waals surface area contributed by atoms with Crippen molar-refractivity contribution in [2.75, 3.05) is 56.3 Å². The van der Waals surface area contributed by atoms with Crippen LogP contribution in [-0.2, 0) is 14.2 Å². The van der Waals surface area contributed by atoms with Gasteiger partial charge in [-0.3, -0.25) is 5.32 Å². The number of anilines is 2. The van der Waals surface area contributed by atoms with Gasteiger partial charge in [0.25, 0.3) is 0 Å². The van der Waals surface area contributed by atoms with E-state index in [1.165, 1.54) is 0 Å². The van der Waals surface area contributed by atoms with Crippen LogP contribution in [0.5, 0.6) is 0 Å². The molecule has 3 rings (SSSR count). The molecule has 2 fully saturated rings. The third-order valence-electron chi connectivity index (χ3n) is 4.13. The standard InChI is InChI=1S/C16H24N4O4/c1-16(23-10-11-24-16)4-5-17-15(21)19-14-3-2-13(12-18-14)20-6-8-22-9-7-20/h2-3,12H,4-11H2,1H3,(H2,17,18,19,21). The quantitative estimate of drug-likeness (QED) is 0.840. The molecule has 3 heterocycles. The van der Waals surface area contributed by atoms with E-state index < -0.39 is 5.79 Å². The lowest BCUT2D eigenvalue weighted by Gasteiger charge is -2.28. The van der Waals surface area contributed by atoms with E-state index >= 15 is 0 Å². The molecular weight excluding hydrogens is 312 g/mol. The molecule has 0 aliphatic carbocycles. The molecule has 132 valence electrons. The summed E-state index contributed by atoms with van der Waals surface area (Å²) >= 11 is 0. The Balaban J connectivity index is 1.42. The van der Waals surface area contributed by atoms with Crippen molar-refractivity contribution in [1.29, 1.82) is 0 Å². The fourth-order valence-electron chi connectivity index (χ4n) is 2.73. The number of nitrogens with one attached hydrogen (secondary N) is 2. The molecule has 0 saturated carbocycles. The van der Waals surface area contributed by atoms with Gasteiger partial charge in [-0.15, -0.1) is 0 Å². The third-order valence-corrected chi connectivity index (χ3v) is 4.13. The number of morpholine rings is 1. The van der Waals surface area contributed by atoms with Crippen molar-refractivity contribution in [3.63, 3.8) is 0 Å². The second-order valence-corrected chi connectivity index (χ2v) is 5.96. The number of rotatable bonds is 5. The van der Waals surface area contributed by atoms with Crippen LogP contribution in [0.4, 0.5) is 16.3 Å². The van der Waals surface area contributed by atoms with Crippen LogP contribution in [0.1, 0.15) is 13.3 Å². The van der Waals surface area contributed by atoms with Crippen molar-refractivity contribution in [2.24, 2.45) is 0 Å². The van der Waals surface area contributed by atoms with Crippen LogP contribution in [0.25, 0.3) is 0 Å². The van der Waals surface area contributed by atoms with Crippen molar-refractivity contribution in [2.45, 2.75) is 19.1 Å². The zero-order valence-electron chi connectivity index (χ0n) is 13.9. The number of carbonyl (C=O) groups is 1. The molecule has 8 heteroatoms. The first kappa shape index (κ1) is 16.9. The Morgan fingerprint density at radius 2 is 2.00 bits per heavy atom. The molecule has 0 atom stereocenters. The number of hydrogen-bond acceptors (Lipinski definition) is 6. The Morgan fingerprint density at radius 3 is 2.67 bits per heavy atom. The SMILES string of the molecule is CC1(CCNC(=O)Nc2ccc(N3CCOCC3)cn2)OCCO1. The van der Waals surface area contributed by atoms with E-state index in [1.54, 1.807) is 12.3 Å². The lowest BCUT2D eigenvalue weighted by atomic mass is 10.2. The molecule has 2 amide bonds. The van der Waals surface area contributed by atoms with Gasteiger partial charge in [0.1, 0.15) is 5.82 Å². The van der Waals surface area contributed by atoms with Crippen molar-refractivity contribution < 1.29 is 19.0 Å². The van der Waals surface area contributed by atoms with Crippen LogP contribution in [0.2, 0.25) is 0 Å². The number of nitrogens with zero attached hydrogens (tertiary/aromatic N) is 2. The highest BCUT2D eigenvalue weighted by Gasteiger charge is 2.30. The first-order valence-corrected chi connectivity index (χ1v) is 8.26. The second kappa shape index (κ2) is 7.78. The van der Waals surface area contributed by atoms with Crippen molar-refractivity contribution >= 4 is 17.5 Å². The fraction of sp³-hybridized carbons (Fsp3) is 0.625. The first-order valence-electron chi connectivity index (χ1n) is 8.26. The van der Waals surface area contributed by atoms with E-state index in [0.717, 1.165) is 32.0 Å². The van der Waals surface area contributed by atoms with Gasteiger partial charge in [0.2, 0.25) is 0 Å². The minimum Gasteiger partial charge on any atom is -0.378 e. The third kappa shape index (κ3) is 4.56. The number of hydrogen-bond donors (Lipinski definition) is 2. The average molecular weight is 336 g/mol. The zero-order chi connectivity index (χ0) is 16.8. The van der Waals surface area contributed by atoms with Gasteiger partial charge in [0, 0.05) is 26.1 Å². The summed E-state index contributed by atoms with van der Waals surface area (Å²) in [5, 5.41) is 5.51. The van der Waals surface area contributed by atoms with Crippen LogP contribution in [0.15, 0.2) is 18.3 Å². The smallest absolute Gasteiger partial charge is 0.320 e. The molecule has 1 aromatic heterocycles. The summed E-state index contributed by atoms with van der Waals surface area (Å²) in [7, 11) is 0. The van der Waals surface area contributed by atoms with E-state index in [4.69, 9.17) is 14.2 Å². The van der Waals surface area contributed by atoms with Gasteiger partial charge in [-0.1, -0.05) is 0 Å². The van der Waals surface area contributed by atoms with Crippen molar-refractivity contribution in [3.8, 4) is 0 Å². The Kier molecular flexibility index (Phi) is 5.49. The highest BCUT2D eigenvalue weighted by atomic mass is 16.7. The molecule has 2 N–H and O–H groups in total. The molecule has 0 spiro atoms. The molecule has 24 heavy (non-hydrogen) atoms. The van der Waals surface area contributed by atoms with Gasteiger partial charge in [0.05, 0.1) is 38.3 Å². The van der Waals surface area contributed by atoms with Crippen LogP contribution in [0.3, 0.4) is 0 Å². The number of carbonyl (C=O) groups excluding carboxylic acids is 1. The van der Waals surface area contributed by atoms with Gasteiger partial charge >= 0.3 is 6.03 Å². The van der Waals surface area contributed by atoms with E-state index in [1.807, 2.05) is 13.0 Å². The summed E-state index contributed by atoms with van der Waals surface area (Å²) in [6.45, 7) is 6.73. The molecule has 1 aromatic rings. The number of urea groups is 1. The molecule has 2 saturated heterocycles. The Bertz CT molecular complexity index is 540. The van der Waals surface area contributed by atoms with Gasteiger partial charge in [-0.05, 0) is 19.1 Å². The molecule has 0 unspecified atom stereocenters. The normalized spacial score (nSPS) is 20.0. The predicted octanol–water partition coefficient (Wildman–Crippen LogP) is 1.19. The highest BCUT2D eigenvalue weighted by Crippen LogP contribution is 2.21. The maximum atomic E-state index is 11.9. The summed E-state index contributed by atoms with van der Waals surface area (Å²) in [6.07, 6.45) is 2.37. The minimum atomic E-state index is -0.592. The van der Waals surface area contributed by atoms with Crippen LogP contribution < -0.4 is 15.5 Å². The number of amides is 2. The Morgan fingerprint density at radius 1 is 1.25 bits per heavy atom. The Hall–Kier alpha value is -1.90. The number of pyridine rings is 1. The van der Waals surface area contributed by atoms with Gasteiger partial charge < -0.3 is 24.4 Å². The molecule has 0 bridgehead atoms. The van der Waals surface area contributed by atoms with Gasteiger partial charge in [0.15, 0.2) is 5.79 Å². The molecular formula is C16H24N4O4. The van der Waals surface area contributed by atoms with E-state index in [-0.39, 0.29) is 6.03 Å². The minimum absolute atomic E-state index is 0.289.